The average Bonchev–Trinajstić information content (AvgIpc) is 2.39. The van der Waals surface area contributed by atoms with E-state index >= 15 is 0 Å². The summed E-state index contributed by atoms with van der Waals surface area (Å²) in [5, 5.41) is 3.38. The number of anilines is 3. The molecule has 2 aromatic rings. The Morgan fingerprint density at radius 1 is 0.952 bits per heavy atom. The Bertz CT molecular complexity index is 629. The molecule has 2 rings (SSSR count). The summed E-state index contributed by atoms with van der Waals surface area (Å²) in [4.78, 5) is 9.06. The second-order valence-corrected chi connectivity index (χ2v) is 5.70. The van der Waals surface area contributed by atoms with Crippen LogP contribution >= 0.6 is 0 Å². The summed E-state index contributed by atoms with van der Waals surface area (Å²) in [6.07, 6.45) is 0. The fourth-order valence-corrected chi connectivity index (χ4v) is 2.24. The number of aromatic nitrogens is 2. The highest BCUT2D eigenvalue weighted by Crippen LogP contribution is 2.26. The van der Waals surface area contributed by atoms with Crippen LogP contribution in [0.4, 0.5) is 17.3 Å². The number of rotatable bonds is 4. The number of nitrogen functional groups attached to an aromatic ring is 1. The molecule has 0 saturated heterocycles. The van der Waals surface area contributed by atoms with Gasteiger partial charge in [0.05, 0.1) is 0 Å². The van der Waals surface area contributed by atoms with Crippen molar-refractivity contribution in [2.75, 3.05) is 10.7 Å². The Morgan fingerprint density at radius 3 is 2.05 bits per heavy atom. The van der Waals surface area contributed by atoms with Crippen molar-refractivity contribution in [1.29, 1.82) is 0 Å². The predicted molar refractivity (Wildman–Crippen MR) is 87.9 cm³/mol. The van der Waals surface area contributed by atoms with Gasteiger partial charge in [-0.3, -0.25) is 0 Å². The van der Waals surface area contributed by atoms with Crippen LogP contribution in [0, 0.1) is 20.8 Å². The lowest BCUT2D eigenvalue weighted by atomic mass is 10.1. The van der Waals surface area contributed by atoms with Gasteiger partial charge < -0.3 is 10.7 Å². The van der Waals surface area contributed by atoms with Crippen LogP contribution < -0.4 is 16.6 Å². The maximum atomic E-state index is 5.56. The van der Waals surface area contributed by atoms with Crippen LogP contribution in [-0.4, -0.2) is 9.97 Å². The number of nitrogens with zero attached hydrogens (tertiary/aromatic N) is 2. The van der Waals surface area contributed by atoms with Crippen molar-refractivity contribution in [3.63, 3.8) is 0 Å². The lowest BCUT2D eigenvalue weighted by Gasteiger charge is -2.15. The average molecular weight is 285 g/mol. The summed E-state index contributed by atoms with van der Waals surface area (Å²) in [5.74, 6) is 8.00. The molecule has 0 aliphatic heterocycles. The van der Waals surface area contributed by atoms with Crippen molar-refractivity contribution in [3.8, 4) is 0 Å². The first-order chi connectivity index (χ1) is 9.90. The molecule has 0 aliphatic carbocycles. The lowest BCUT2D eigenvalue weighted by molar-refractivity contribution is 0.774. The second-order valence-electron chi connectivity index (χ2n) is 5.70. The standard InChI is InChI=1S/C16H23N5/c1-9(2)14-19-15(12(5)16(20-14)21-17)18-13-7-10(3)6-11(4)8-13/h6-9H,17H2,1-5H3,(H2,18,19,20,21). The van der Waals surface area contributed by atoms with Crippen molar-refractivity contribution in [1.82, 2.24) is 9.97 Å². The molecule has 21 heavy (non-hydrogen) atoms. The molecule has 1 heterocycles. The van der Waals surface area contributed by atoms with E-state index in [2.05, 4.69) is 66.6 Å². The van der Waals surface area contributed by atoms with E-state index in [-0.39, 0.29) is 5.92 Å². The maximum absolute atomic E-state index is 5.56. The van der Waals surface area contributed by atoms with Crippen molar-refractivity contribution in [3.05, 3.63) is 40.7 Å². The van der Waals surface area contributed by atoms with Gasteiger partial charge in [0.25, 0.3) is 0 Å². The van der Waals surface area contributed by atoms with Crippen LogP contribution in [0.5, 0.6) is 0 Å². The van der Waals surface area contributed by atoms with E-state index in [1.165, 1.54) is 11.1 Å². The summed E-state index contributed by atoms with van der Waals surface area (Å²) in [7, 11) is 0. The Hall–Kier alpha value is -2.14. The lowest BCUT2D eigenvalue weighted by Crippen LogP contribution is -2.14. The van der Waals surface area contributed by atoms with Crippen LogP contribution in [0.15, 0.2) is 18.2 Å². The Labute approximate surface area is 126 Å². The summed E-state index contributed by atoms with van der Waals surface area (Å²) in [6.45, 7) is 10.2. The highest BCUT2D eigenvalue weighted by atomic mass is 15.3. The van der Waals surface area contributed by atoms with Gasteiger partial charge in [-0.05, 0) is 44.0 Å². The minimum Gasteiger partial charge on any atom is -0.340 e. The molecule has 0 bridgehead atoms. The van der Waals surface area contributed by atoms with Crippen LogP contribution in [0.2, 0.25) is 0 Å². The SMILES string of the molecule is Cc1cc(C)cc(Nc2nc(C(C)C)nc(NN)c2C)c1. The quantitative estimate of drug-likeness (QED) is 0.591. The monoisotopic (exact) mass is 285 g/mol. The molecular formula is C16H23N5. The van der Waals surface area contributed by atoms with Gasteiger partial charge in [-0.1, -0.05) is 19.9 Å². The van der Waals surface area contributed by atoms with Crippen LogP contribution in [0.25, 0.3) is 0 Å². The Kier molecular flexibility index (Phi) is 4.43. The largest absolute Gasteiger partial charge is 0.340 e. The summed E-state index contributed by atoms with van der Waals surface area (Å²) < 4.78 is 0. The van der Waals surface area contributed by atoms with Gasteiger partial charge in [0.2, 0.25) is 0 Å². The normalized spacial score (nSPS) is 10.8. The molecule has 4 N–H and O–H groups in total. The van der Waals surface area contributed by atoms with Crippen molar-refractivity contribution >= 4 is 17.3 Å². The third-order valence-corrected chi connectivity index (χ3v) is 3.30. The van der Waals surface area contributed by atoms with Gasteiger partial charge in [0, 0.05) is 17.2 Å². The zero-order valence-electron chi connectivity index (χ0n) is 13.3. The number of benzene rings is 1. The van der Waals surface area contributed by atoms with Crippen LogP contribution in [0.1, 0.15) is 42.3 Å². The van der Waals surface area contributed by atoms with Gasteiger partial charge >= 0.3 is 0 Å². The highest BCUT2D eigenvalue weighted by Gasteiger charge is 2.13. The van der Waals surface area contributed by atoms with Crippen LogP contribution in [-0.2, 0) is 0 Å². The zero-order valence-corrected chi connectivity index (χ0v) is 13.3. The van der Waals surface area contributed by atoms with Gasteiger partial charge in [0.15, 0.2) is 0 Å². The number of nitrogens with two attached hydrogens (primary N) is 1. The van der Waals surface area contributed by atoms with E-state index in [0.29, 0.717) is 5.82 Å². The predicted octanol–water partition coefficient (Wildman–Crippen LogP) is 3.55. The molecule has 0 aliphatic rings. The molecule has 5 nitrogen and oxygen atoms in total. The number of hydrogen-bond acceptors (Lipinski definition) is 5. The minimum absolute atomic E-state index is 0.234. The molecule has 0 atom stereocenters. The Morgan fingerprint density at radius 2 is 1.52 bits per heavy atom. The molecule has 5 heteroatoms. The van der Waals surface area contributed by atoms with Crippen molar-refractivity contribution < 1.29 is 0 Å². The van der Waals surface area contributed by atoms with E-state index < -0.39 is 0 Å². The third kappa shape index (κ3) is 3.49. The van der Waals surface area contributed by atoms with Gasteiger partial charge in [0.1, 0.15) is 17.5 Å². The summed E-state index contributed by atoms with van der Waals surface area (Å²) >= 11 is 0. The first-order valence-electron chi connectivity index (χ1n) is 7.11. The molecule has 0 radical (unpaired) electrons. The van der Waals surface area contributed by atoms with Crippen LogP contribution in [0.3, 0.4) is 0 Å². The maximum Gasteiger partial charge on any atom is 0.148 e. The van der Waals surface area contributed by atoms with E-state index in [1.807, 2.05) is 6.92 Å². The van der Waals surface area contributed by atoms with Crippen molar-refractivity contribution in [2.24, 2.45) is 5.84 Å². The Balaban J connectivity index is 2.45. The molecule has 0 saturated carbocycles. The summed E-state index contributed by atoms with van der Waals surface area (Å²) in [5.41, 5.74) is 7.00. The molecule has 112 valence electrons. The molecule has 1 aromatic carbocycles. The number of aryl methyl sites for hydroxylation is 2. The molecule has 1 aromatic heterocycles. The molecule has 0 fully saturated rings. The molecular weight excluding hydrogens is 262 g/mol. The fraction of sp³-hybridized carbons (Fsp3) is 0.375. The summed E-state index contributed by atoms with van der Waals surface area (Å²) in [6, 6.07) is 6.34. The van der Waals surface area contributed by atoms with Gasteiger partial charge in [-0.25, -0.2) is 15.8 Å². The topological polar surface area (TPSA) is 75.9 Å². The van der Waals surface area contributed by atoms with Gasteiger partial charge in [-0.15, -0.1) is 0 Å². The first kappa shape index (κ1) is 15.3. The number of hydrogen-bond donors (Lipinski definition) is 3. The highest BCUT2D eigenvalue weighted by molar-refractivity contribution is 5.65. The van der Waals surface area contributed by atoms with E-state index in [1.54, 1.807) is 0 Å². The molecule has 0 unspecified atom stereocenters. The smallest absolute Gasteiger partial charge is 0.148 e. The van der Waals surface area contributed by atoms with Crippen molar-refractivity contribution in [2.45, 2.75) is 40.5 Å². The molecule has 0 spiro atoms. The number of nitrogens with one attached hydrogen (secondary N) is 2. The zero-order chi connectivity index (χ0) is 15.6. The van der Waals surface area contributed by atoms with E-state index in [0.717, 1.165) is 22.9 Å². The van der Waals surface area contributed by atoms with E-state index in [4.69, 9.17) is 5.84 Å². The fourth-order valence-electron chi connectivity index (χ4n) is 2.24. The number of hydrazine groups is 1. The minimum atomic E-state index is 0.234. The second kappa shape index (κ2) is 6.10. The third-order valence-electron chi connectivity index (χ3n) is 3.30. The van der Waals surface area contributed by atoms with Gasteiger partial charge in [-0.2, -0.15) is 0 Å². The molecule has 0 amide bonds. The first-order valence-corrected chi connectivity index (χ1v) is 7.11. The van der Waals surface area contributed by atoms with E-state index in [9.17, 15) is 0 Å².